The van der Waals surface area contributed by atoms with Crippen LogP contribution in [0.2, 0.25) is 0 Å². The van der Waals surface area contributed by atoms with Gasteiger partial charge in [0, 0.05) is 25.3 Å². The van der Waals surface area contributed by atoms with E-state index in [9.17, 15) is 0 Å². The van der Waals surface area contributed by atoms with Crippen LogP contribution >= 0.6 is 0 Å². The summed E-state index contributed by atoms with van der Waals surface area (Å²) in [7, 11) is 1.73. The van der Waals surface area contributed by atoms with Crippen molar-refractivity contribution >= 4 is 0 Å². The van der Waals surface area contributed by atoms with Crippen LogP contribution in [0, 0.1) is 11.3 Å². The summed E-state index contributed by atoms with van der Waals surface area (Å²) in [5, 5.41) is 4.10. The number of nitrogens with one attached hydrogen (secondary N) is 1. The first-order valence-corrected chi connectivity index (χ1v) is 10.8. The fourth-order valence-corrected chi connectivity index (χ4v) is 5.69. The van der Waals surface area contributed by atoms with Crippen LogP contribution in [0.5, 0.6) is 5.75 Å². The van der Waals surface area contributed by atoms with Gasteiger partial charge in [0.15, 0.2) is 0 Å². The highest BCUT2D eigenvalue weighted by Gasteiger charge is 2.49. The van der Waals surface area contributed by atoms with E-state index in [-0.39, 0.29) is 0 Å². The average molecular weight is 378 g/mol. The summed E-state index contributed by atoms with van der Waals surface area (Å²) in [6.45, 7) is 4.19. The van der Waals surface area contributed by atoms with Crippen molar-refractivity contribution in [2.75, 3.05) is 20.3 Å². The minimum Gasteiger partial charge on any atom is -0.497 e. The van der Waals surface area contributed by atoms with Crippen molar-refractivity contribution in [2.45, 2.75) is 50.6 Å². The number of ether oxygens (including phenoxy) is 2. The topological polar surface area (TPSA) is 30.5 Å². The Hall–Kier alpha value is -1.84. The minimum atomic E-state index is 0.334. The van der Waals surface area contributed by atoms with E-state index in [0.29, 0.717) is 23.4 Å². The Labute approximate surface area is 168 Å². The molecule has 2 fully saturated rings. The van der Waals surface area contributed by atoms with Gasteiger partial charge in [-0.25, -0.2) is 0 Å². The first-order valence-electron chi connectivity index (χ1n) is 10.8. The Morgan fingerprint density at radius 1 is 1.07 bits per heavy atom. The van der Waals surface area contributed by atoms with E-state index >= 15 is 0 Å². The quantitative estimate of drug-likeness (QED) is 0.806. The smallest absolute Gasteiger partial charge is 0.118 e. The van der Waals surface area contributed by atoms with Gasteiger partial charge in [-0.05, 0) is 78.7 Å². The zero-order valence-electron chi connectivity index (χ0n) is 17.0. The van der Waals surface area contributed by atoms with Gasteiger partial charge in [0.05, 0.1) is 7.11 Å². The largest absolute Gasteiger partial charge is 0.497 e. The molecule has 1 N–H and O–H groups in total. The second kappa shape index (κ2) is 7.20. The molecular weight excluding hydrogens is 346 g/mol. The Morgan fingerprint density at radius 3 is 2.57 bits per heavy atom. The molecule has 2 aromatic carbocycles. The number of fused-ring (bicyclic) bond motifs is 1. The maximum Gasteiger partial charge on any atom is 0.118 e. The molecule has 2 unspecified atom stereocenters. The van der Waals surface area contributed by atoms with E-state index in [1.165, 1.54) is 42.4 Å². The lowest BCUT2D eigenvalue weighted by Crippen LogP contribution is -2.43. The summed E-state index contributed by atoms with van der Waals surface area (Å²) in [6, 6.07) is 18.7. The molecule has 0 amide bonds. The van der Waals surface area contributed by atoms with Crippen LogP contribution in [-0.2, 0) is 11.2 Å². The number of hydrogen-bond acceptors (Lipinski definition) is 3. The molecule has 0 aromatic heterocycles. The summed E-state index contributed by atoms with van der Waals surface area (Å²) >= 11 is 0. The third kappa shape index (κ3) is 3.15. The van der Waals surface area contributed by atoms with Gasteiger partial charge in [0.25, 0.3) is 0 Å². The molecule has 3 aliphatic rings. The lowest BCUT2D eigenvalue weighted by Gasteiger charge is -2.41. The standard InChI is InChI=1S/C25H31NO2/c1-17(22-15-23(22)18-7-9-20(27-2)10-8-18)26-24-21-6-4-3-5-19(21)16-25(24)11-13-28-14-12-25/h3-10,17,22-24,26H,11-16H2,1-2H3/t17?,22-,23-,24?/m1/s1. The molecule has 3 nitrogen and oxygen atoms in total. The van der Waals surface area contributed by atoms with Crippen LogP contribution < -0.4 is 10.1 Å². The predicted molar refractivity (Wildman–Crippen MR) is 112 cm³/mol. The molecule has 1 spiro atoms. The molecule has 0 bridgehead atoms. The molecule has 0 radical (unpaired) electrons. The monoisotopic (exact) mass is 377 g/mol. The van der Waals surface area contributed by atoms with E-state index in [1.54, 1.807) is 7.11 Å². The average Bonchev–Trinajstić information content (AvgIpc) is 3.49. The molecule has 1 saturated carbocycles. The molecule has 3 heteroatoms. The van der Waals surface area contributed by atoms with E-state index in [0.717, 1.165) is 24.9 Å². The zero-order valence-corrected chi connectivity index (χ0v) is 17.0. The Kier molecular flexibility index (Phi) is 4.68. The molecule has 148 valence electrons. The van der Waals surface area contributed by atoms with Crippen LogP contribution in [0.15, 0.2) is 48.5 Å². The van der Waals surface area contributed by atoms with Crippen molar-refractivity contribution in [1.29, 1.82) is 0 Å². The summed E-state index contributed by atoms with van der Waals surface area (Å²) in [5.41, 5.74) is 4.85. The van der Waals surface area contributed by atoms with Gasteiger partial charge in [-0.15, -0.1) is 0 Å². The van der Waals surface area contributed by atoms with Crippen molar-refractivity contribution < 1.29 is 9.47 Å². The maximum atomic E-state index is 5.72. The first-order chi connectivity index (χ1) is 13.7. The summed E-state index contributed by atoms with van der Waals surface area (Å²) < 4.78 is 11.0. The lowest BCUT2D eigenvalue weighted by atomic mass is 9.74. The van der Waals surface area contributed by atoms with Gasteiger partial charge >= 0.3 is 0 Å². The van der Waals surface area contributed by atoms with Crippen molar-refractivity contribution in [3.63, 3.8) is 0 Å². The second-order valence-electron chi connectivity index (χ2n) is 9.02. The van der Waals surface area contributed by atoms with Crippen molar-refractivity contribution in [1.82, 2.24) is 5.32 Å². The summed E-state index contributed by atoms with van der Waals surface area (Å²) in [4.78, 5) is 0. The van der Waals surface area contributed by atoms with Crippen LogP contribution in [0.4, 0.5) is 0 Å². The molecule has 4 atom stereocenters. The number of benzene rings is 2. The highest BCUT2D eigenvalue weighted by atomic mass is 16.5. The Balaban J connectivity index is 1.32. The van der Waals surface area contributed by atoms with E-state index in [4.69, 9.17) is 9.47 Å². The molecule has 28 heavy (non-hydrogen) atoms. The minimum absolute atomic E-state index is 0.334. The molecule has 1 saturated heterocycles. The second-order valence-corrected chi connectivity index (χ2v) is 9.02. The maximum absolute atomic E-state index is 5.72. The van der Waals surface area contributed by atoms with Crippen LogP contribution in [0.1, 0.15) is 54.8 Å². The number of rotatable bonds is 5. The molecule has 2 aliphatic carbocycles. The van der Waals surface area contributed by atoms with E-state index < -0.39 is 0 Å². The molecule has 5 rings (SSSR count). The molecule has 2 aromatic rings. The van der Waals surface area contributed by atoms with E-state index in [2.05, 4.69) is 60.8 Å². The van der Waals surface area contributed by atoms with Crippen LogP contribution in [-0.4, -0.2) is 26.4 Å². The Bertz CT molecular complexity index is 825. The highest BCUT2D eigenvalue weighted by Crippen LogP contribution is 2.54. The predicted octanol–water partition coefficient (Wildman–Crippen LogP) is 4.87. The van der Waals surface area contributed by atoms with Gasteiger partial charge in [0.2, 0.25) is 0 Å². The van der Waals surface area contributed by atoms with Gasteiger partial charge < -0.3 is 14.8 Å². The molecule has 1 heterocycles. The van der Waals surface area contributed by atoms with Gasteiger partial charge in [0.1, 0.15) is 5.75 Å². The van der Waals surface area contributed by atoms with Gasteiger partial charge in [-0.3, -0.25) is 0 Å². The zero-order chi connectivity index (χ0) is 19.1. The number of hydrogen-bond donors (Lipinski definition) is 1. The third-order valence-corrected chi connectivity index (χ3v) is 7.47. The molecular formula is C25H31NO2. The molecule has 1 aliphatic heterocycles. The summed E-state index contributed by atoms with van der Waals surface area (Å²) in [6.07, 6.45) is 4.81. The van der Waals surface area contributed by atoms with Gasteiger partial charge in [-0.2, -0.15) is 0 Å². The normalized spacial score (nSPS) is 28.7. The highest BCUT2D eigenvalue weighted by molar-refractivity contribution is 5.39. The SMILES string of the molecule is COc1ccc([C@H]2C[C@@H]2C(C)NC2c3ccccc3CC23CCOCC3)cc1. The van der Waals surface area contributed by atoms with Crippen molar-refractivity contribution in [2.24, 2.45) is 11.3 Å². The van der Waals surface area contributed by atoms with Crippen molar-refractivity contribution in [3.05, 3.63) is 65.2 Å². The first kappa shape index (κ1) is 18.2. The van der Waals surface area contributed by atoms with E-state index in [1.807, 2.05) is 0 Å². The third-order valence-electron chi connectivity index (χ3n) is 7.47. The van der Waals surface area contributed by atoms with Crippen molar-refractivity contribution in [3.8, 4) is 5.75 Å². The van der Waals surface area contributed by atoms with Crippen LogP contribution in [0.25, 0.3) is 0 Å². The fraction of sp³-hybridized carbons (Fsp3) is 0.520. The Morgan fingerprint density at radius 2 is 1.82 bits per heavy atom. The van der Waals surface area contributed by atoms with Gasteiger partial charge in [-0.1, -0.05) is 36.4 Å². The lowest BCUT2D eigenvalue weighted by molar-refractivity contribution is -0.00222. The van der Waals surface area contributed by atoms with Crippen LogP contribution in [0.3, 0.4) is 0 Å². The summed E-state index contributed by atoms with van der Waals surface area (Å²) in [5.74, 6) is 2.34. The number of methoxy groups -OCH3 is 1. The fourth-order valence-electron chi connectivity index (χ4n) is 5.69.